The molecule has 1 unspecified atom stereocenters. The van der Waals surface area contributed by atoms with Crippen molar-refractivity contribution in [1.29, 1.82) is 0 Å². The number of rotatable bonds is 3. The highest BCUT2D eigenvalue weighted by Gasteiger charge is 2.34. The Kier molecular flexibility index (Phi) is 4.54. The number of halogens is 2. The molecule has 2 aromatic rings. The zero-order valence-corrected chi connectivity index (χ0v) is 15.6. The van der Waals surface area contributed by atoms with E-state index in [1.54, 1.807) is 6.07 Å². The Hall–Kier alpha value is -1.12. The molecule has 0 aliphatic carbocycles. The predicted octanol–water partition coefficient (Wildman–Crippen LogP) is 3.23. The van der Waals surface area contributed by atoms with Crippen LogP contribution in [0.25, 0.3) is 0 Å². The summed E-state index contributed by atoms with van der Waals surface area (Å²) < 4.78 is 38.4. The van der Waals surface area contributed by atoms with Gasteiger partial charge in [0, 0.05) is 24.6 Å². The average molecular weight is 403 g/mol. The van der Waals surface area contributed by atoms with E-state index in [2.05, 4.69) is 4.98 Å². The molecular weight excluding hydrogens is 387 g/mol. The van der Waals surface area contributed by atoms with E-state index in [-0.39, 0.29) is 22.4 Å². The summed E-state index contributed by atoms with van der Waals surface area (Å²) in [7, 11) is -3.76. The molecule has 4 rings (SSSR count). The standard InChI is InChI=1S/C16H16Cl2N2O4S/c17-11-1-2-12(18)15(7-11)25(21,22)20-5-3-14-13(8-20)19-16(24-14)10-4-6-23-9-10/h1-2,7,10H,3-6,8-9H2. The van der Waals surface area contributed by atoms with Gasteiger partial charge in [-0.2, -0.15) is 4.31 Å². The molecule has 2 aliphatic rings. The molecule has 1 aromatic heterocycles. The van der Waals surface area contributed by atoms with E-state index in [1.807, 2.05) is 0 Å². The number of aromatic nitrogens is 1. The van der Waals surface area contributed by atoms with Gasteiger partial charge in [0.2, 0.25) is 10.0 Å². The van der Waals surface area contributed by atoms with Crippen LogP contribution in [0.2, 0.25) is 10.0 Å². The fourth-order valence-corrected chi connectivity index (χ4v) is 5.26. The molecule has 25 heavy (non-hydrogen) atoms. The molecule has 1 fully saturated rings. The SMILES string of the molecule is O=S(=O)(c1cc(Cl)ccc1Cl)N1CCc2oc(C3CCOC3)nc2C1. The Bertz CT molecular complexity index is 907. The molecule has 0 amide bonds. The third-order valence-electron chi connectivity index (χ3n) is 4.50. The molecule has 9 heteroatoms. The van der Waals surface area contributed by atoms with Crippen molar-refractivity contribution < 1.29 is 17.6 Å². The van der Waals surface area contributed by atoms with Crippen molar-refractivity contribution in [2.24, 2.45) is 0 Å². The molecule has 1 atom stereocenters. The van der Waals surface area contributed by atoms with E-state index < -0.39 is 10.0 Å². The second-order valence-electron chi connectivity index (χ2n) is 6.15. The van der Waals surface area contributed by atoms with Crippen LogP contribution in [0.3, 0.4) is 0 Å². The van der Waals surface area contributed by atoms with Gasteiger partial charge in [-0.25, -0.2) is 13.4 Å². The van der Waals surface area contributed by atoms with Gasteiger partial charge in [0.15, 0.2) is 5.89 Å². The first-order valence-corrected chi connectivity index (χ1v) is 10.2. The van der Waals surface area contributed by atoms with Gasteiger partial charge in [-0.3, -0.25) is 0 Å². The predicted molar refractivity (Wildman–Crippen MR) is 92.4 cm³/mol. The van der Waals surface area contributed by atoms with Crippen LogP contribution in [0, 0.1) is 0 Å². The minimum absolute atomic E-state index is 0.0121. The van der Waals surface area contributed by atoms with Crippen LogP contribution in [0.15, 0.2) is 27.5 Å². The number of fused-ring (bicyclic) bond motifs is 1. The van der Waals surface area contributed by atoms with Crippen LogP contribution in [0.4, 0.5) is 0 Å². The van der Waals surface area contributed by atoms with E-state index >= 15 is 0 Å². The highest BCUT2D eigenvalue weighted by molar-refractivity contribution is 7.89. The van der Waals surface area contributed by atoms with Gasteiger partial charge in [0.1, 0.15) is 10.7 Å². The molecule has 2 aliphatic heterocycles. The van der Waals surface area contributed by atoms with E-state index in [9.17, 15) is 8.42 Å². The largest absolute Gasteiger partial charge is 0.445 e. The minimum atomic E-state index is -3.76. The quantitative estimate of drug-likeness (QED) is 0.787. The van der Waals surface area contributed by atoms with Gasteiger partial charge in [-0.1, -0.05) is 23.2 Å². The van der Waals surface area contributed by atoms with E-state index in [1.165, 1.54) is 16.4 Å². The van der Waals surface area contributed by atoms with Crippen LogP contribution < -0.4 is 0 Å². The zero-order valence-electron chi connectivity index (χ0n) is 13.2. The molecule has 0 bridgehead atoms. The lowest BCUT2D eigenvalue weighted by Crippen LogP contribution is -2.36. The Balaban J connectivity index is 1.62. The summed E-state index contributed by atoms with van der Waals surface area (Å²) >= 11 is 12.0. The van der Waals surface area contributed by atoms with Crippen LogP contribution >= 0.6 is 23.2 Å². The van der Waals surface area contributed by atoms with Gasteiger partial charge < -0.3 is 9.15 Å². The van der Waals surface area contributed by atoms with Crippen LogP contribution in [-0.2, 0) is 27.7 Å². The van der Waals surface area contributed by atoms with Crippen LogP contribution in [-0.4, -0.2) is 37.5 Å². The summed E-state index contributed by atoms with van der Waals surface area (Å²) in [5, 5.41) is 0.477. The van der Waals surface area contributed by atoms with Gasteiger partial charge in [-0.05, 0) is 24.6 Å². The lowest BCUT2D eigenvalue weighted by atomic mass is 10.1. The van der Waals surface area contributed by atoms with Crippen LogP contribution in [0.1, 0.15) is 29.7 Å². The van der Waals surface area contributed by atoms with Crippen molar-refractivity contribution in [3.05, 3.63) is 45.6 Å². The molecule has 3 heterocycles. The number of oxazole rings is 1. The lowest BCUT2D eigenvalue weighted by Gasteiger charge is -2.25. The smallest absolute Gasteiger partial charge is 0.244 e. The number of sulfonamides is 1. The Morgan fingerprint density at radius 3 is 2.88 bits per heavy atom. The van der Waals surface area contributed by atoms with Gasteiger partial charge in [0.05, 0.1) is 29.8 Å². The Labute approximate surface area is 155 Å². The summed E-state index contributed by atoms with van der Waals surface area (Å²) in [6, 6.07) is 4.42. The third-order valence-corrected chi connectivity index (χ3v) is 7.06. The maximum absolute atomic E-state index is 12.9. The monoisotopic (exact) mass is 402 g/mol. The minimum Gasteiger partial charge on any atom is -0.445 e. The molecule has 0 saturated carbocycles. The first-order valence-electron chi connectivity index (χ1n) is 7.96. The average Bonchev–Trinajstić information content (AvgIpc) is 3.24. The van der Waals surface area contributed by atoms with E-state index in [0.29, 0.717) is 42.8 Å². The molecular formula is C16H16Cl2N2O4S. The van der Waals surface area contributed by atoms with Gasteiger partial charge in [-0.15, -0.1) is 0 Å². The highest BCUT2D eigenvalue weighted by atomic mass is 35.5. The van der Waals surface area contributed by atoms with Crippen molar-refractivity contribution in [2.75, 3.05) is 19.8 Å². The Morgan fingerprint density at radius 1 is 1.28 bits per heavy atom. The van der Waals surface area contributed by atoms with Crippen LogP contribution in [0.5, 0.6) is 0 Å². The first-order chi connectivity index (χ1) is 11.9. The molecule has 6 nitrogen and oxygen atoms in total. The number of nitrogens with zero attached hydrogens (tertiary/aromatic N) is 2. The summed E-state index contributed by atoms with van der Waals surface area (Å²) in [5.41, 5.74) is 0.662. The molecule has 0 N–H and O–H groups in total. The van der Waals surface area contributed by atoms with Crippen molar-refractivity contribution in [3.8, 4) is 0 Å². The van der Waals surface area contributed by atoms with E-state index in [0.717, 1.165) is 12.2 Å². The second kappa shape index (κ2) is 6.55. The summed E-state index contributed by atoms with van der Waals surface area (Å²) in [5.74, 6) is 1.55. The molecule has 0 radical (unpaired) electrons. The van der Waals surface area contributed by atoms with Gasteiger partial charge >= 0.3 is 0 Å². The molecule has 134 valence electrons. The van der Waals surface area contributed by atoms with Crippen molar-refractivity contribution in [2.45, 2.75) is 30.2 Å². The fraction of sp³-hybridized carbons (Fsp3) is 0.438. The number of hydrogen-bond donors (Lipinski definition) is 0. The second-order valence-corrected chi connectivity index (χ2v) is 8.90. The molecule has 1 aromatic carbocycles. The summed E-state index contributed by atoms with van der Waals surface area (Å²) in [6.45, 7) is 1.77. The zero-order chi connectivity index (χ0) is 17.6. The molecule has 1 saturated heterocycles. The summed E-state index contributed by atoms with van der Waals surface area (Å²) in [4.78, 5) is 4.53. The van der Waals surface area contributed by atoms with Crippen molar-refractivity contribution >= 4 is 33.2 Å². The van der Waals surface area contributed by atoms with Crippen molar-refractivity contribution in [1.82, 2.24) is 9.29 Å². The number of ether oxygens (including phenoxy) is 1. The normalized spacial score (nSPS) is 21.4. The maximum atomic E-state index is 12.9. The number of hydrogen-bond acceptors (Lipinski definition) is 5. The maximum Gasteiger partial charge on any atom is 0.244 e. The van der Waals surface area contributed by atoms with Gasteiger partial charge in [0.25, 0.3) is 0 Å². The third kappa shape index (κ3) is 3.19. The summed E-state index contributed by atoms with van der Waals surface area (Å²) in [6.07, 6.45) is 1.35. The fourth-order valence-electron chi connectivity index (χ4n) is 3.12. The highest BCUT2D eigenvalue weighted by Crippen LogP contribution is 2.33. The lowest BCUT2D eigenvalue weighted by molar-refractivity contribution is 0.190. The van der Waals surface area contributed by atoms with E-state index in [4.69, 9.17) is 32.4 Å². The topological polar surface area (TPSA) is 72.6 Å². The Morgan fingerprint density at radius 2 is 2.12 bits per heavy atom. The molecule has 0 spiro atoms. The van der Waals surface area contributed by atoms with Crippen molar-refractivity contribution in [3.63, 3.8) is 0 Å². The first kappa shape index (κ1) is 17.3. The number of benzene rings is 1.